The van der Waals surface area contributed by atoms with Gasteiger partial charge in [0.15, 0.2) is 0 Å². The van der Waals surface area contributed by atoms with Crippen LogP contribution in [0.25, 0.3) is 11.0 Å². The van der Waals surface area contributed by atoms with Crippen molar-refractivity contribution in [1.29, 1.82) is 0 Å². The lowest BCUT2D eigenvalue weighted by molar-refractivity contribution is 0.0762. The van der Waals surface area contributed by atoms with E-state index in [1.807, 2.05) is 39.9 Å². The first-order chi connectivity index (χ1) is 12.7. The zero-order chi connectivity index (χ0) is 17.9. The molecule has 1 fully saturated rings. The lowest BCUT2D eigenvalue weighted by Crippen LogP contribution is -2.31. The summed E-state index contributed by atoms with van der Waals surface area (Å²) in [4.78, 5) is 14.8. The van der Waals surface area contributed by atoms with Crippen LogP contribution >= 0.6 is 0 Å². The zero-order valence-electron chi connectivity index (χ0n) is 15.2. The Morgan fingerprint density at radius 3 is 2.58 bits per heavy atom. The Morgan fingerprint density at radius 1 is 1.04 bits per heavy atom. The number of carbonyl (C=O) groups is 1. The van der Waals surface area contributed by atoms with Crippen LogP contribution in [-0.2, 0) is 6.54 Å². The Hall–Kier alpha value is -2.69. The molecule has 0 saturated carbocycles. The molecule has 0 bridgehead atoms. The molecule has 0 unspecified atom stereocenters. The van der Waals surface area contributed by atoms with E-state index in [4.69, 9.17) is 0 Å². The quantitative estimate of drug-likeness (QED) is 0.723. The summed E-state index contributed by atoms with van der Waals surface area (Å²) in [7, 11) is 0. The number of carbonyl (C=O) groups excluding carboxylic acids is 1. The van der Waals surface area contributed by atoms with Crippen LogP contribution in [0.2, 0.25) is 0 Å². The molecule has 2 aromatic carbocycles. The standard InChI is InChI=1S/C21H24N4O/c1-16-8-4-5-9-18(16)15-25-20-11-10-17(14-19(20)22-23-25)21(26)24-12-6-2-3-7-13-24/h4-5,8-11,14H,2-3,6-7,12-13,15H2,1H3. The Bertz CT molecular complexity index is 923. The molecule has 3 aromatic rings. The molecule has 1 aromatic heterocycles. The minimum Gasteiger partial charge on any atom is -0.339 e. The molecule has 0 radical (unpaired) electrons. The van der Waals surface area contributed by atoms with Gasteiger partial charge in [0.2, 0.25) is 0 Å². The van der Waals surface area contributed by atoms with Crippen LogP contribution in [-0.4, -0.2) is 38.9 Å². The van der Waals surface area contributed by atoms with Gasteiger partial charge in [0.05, 0.1) is 12.1 Å². The Balaban J connectivity index is 1.59. The second-order valence-corrected chi connectivity index (χ2v) is 7.08. The number of aromatic nitrogens is 3. The van der Waals surface area contributed by atoms with E-state index in [2.05, 4.69) is 29.4 Å². The number of benzene rings is 2. The van der Waals surface area contributed by atoms with E-state index < -0.39 is 0 Å². The number of fused-ring (bicyclic) bond motifs is 1. The summed E-state index contributed by atoms with van der Waals surface area (Å²) in [6, 6.07) is 14.1. The molecule has 1 saturated heterocycles. The molecule has 2 heterocycles. The maximum atomic E-state index is 12.8. The smallest absolute Gasteiger partial charge is 0.253 e. The van der Waals surface area contributed by atoms with Gasteiger partial charge in [-0.3, -0.25) is 4.79 Å². The van der Waals surface area contributed by atoms with E-state index in [0.717, 1.165) is 37.0 Å². The van der Waals surface area contributed by atoms with E-state index >= 15 is 0 Å². The fraction of sp³-hybridized carbons (Fsp3) is 0.381. The van der Waals surface area contributed by atoms with Crippen molar-refractivity contribution >= 4 is 16.9 Å². The summed E-state index contributed by atoms with van der Waals surface area (Å²) in [5, 5.41) is 8.59. The van der Waals surface area contributed by atoms with Crippen molar-refractivity contribution in [2.45, 2.75) is 39.2 Å². The number of amides is 1. The van der Waals surface area contributed by atoms with Gasteiger partial charge in [-0.05, 0) is 49.1 Å². The zero-order valence-corrected chi connectivity index (χ0v) is 15.2. The molecule has 5 nitrogen and oxygen atoms in total. The summed E-state index contributed by atoms with van der Waals surface area (Å²) in [5.41, 5.74) is 4.91. The summed E-state index contributed by atoms with van der Waals surface area (Å²) in [6.45, 7) is 4.50. The third-order valence-corrected chi connectivity index (χ3v) is 5.24. The highest BCUT2D eigenvalue weighted by Crippen LogP contribution is 2.19. The molecule has 134 valence electrons. The van der Waals surface area contributed by atoms with Gasteiger partial charge in [0.25, 0.3) is 5.91 Å². The average molecular weight is 348 g/mol. The van der Waals surface area contributed by atoms with Crippen LogP contribution in [0.4, 0.5) is 0 Å². The van der Waals surface area contributed by atoms with Crippen LogP contribution < -0.4 is 0 Å². The minimum atomic E-state index is 0.113. The number of rotatable bonds is 3. The molecular weight excluding hydrogens is 324 g/mol. The lowest BCUT2D eigenvalue weighted by Gasteiger charge is -2.20. The van der Waals surface area contributed by atoms with Crippen LogP contribution in [0.5, 0.6) is 0 Å². The van der Waals surface area contributed by atoms with E-state index in [0.29, 0.717) is 12.1 Å². The van der Waals surface area contributed by atoms with Crippen molar-refractivity contribution in [2.24, 2.45) is 0 Å². The Kier molecular flexibility index (Phi) is 4.69. The predicted molar refractivity (Wildman–Crippen MR) is 102 cm³/mol. The number of hydrogen-bond donors (Lipinski definition) is 0. The van der Waals surface area contributed by atoms with Crippen molar-refractivity contribution in [2.75, 3.05) is 13.1 Å². The molecule has 5 heteroatoms. The van der Waals surface area contributed by atoms with Gasteiger partial charge in [-0.15, -0.1) is 5.10 Å². The third-order valence-electron chi connectivity index (χ3n) is 5.24. The SMILES string of the molecule is Cc1ccccc1Cn1nnc2cc(C(=O)N3CCCCCC3)ccc21. The van der Waals surface area contributed by atoms with E-state index in [1.54, 1.807) is 0 Å². The Labute approximate surface area is 153 Å². The average Bonchev–Trinajstić information content (AvgIpc) is 2.87. The maximum absolute atomic E-state index is 12.8. The van der Waals surface area contributed by atoms with Gasteiger partial charge in [0.1, 0.15) is 5.52 Å². The first-order valence-electron chi connectivity index (χ1n) is 9.39. The monoisotopic (exact) mass is 348 g/mol. The van der Waals surface area contributed by atoms with Crippen molar-refractivity contribution in [3.05, 3.63) is 59.2 Å². The first kappa shape index (κ1) is 16.8. The molecule has 0 atom stereocenters. The fourth-order valence-corrected chi connectivity index (χ4v) is 3.63. The molecule has 1 amide bonds. The molecule has 4 rings (SSSR count). The second kappa shape index (κ2) is 7.28. The number of hydrogen-bond acceptors (Lipinski definition) is 3. The van der Waals surface area contributed by atoms with Gasteiger partial charge in [-0.1, -0.05) is 42.3 Å². The van der Waals surface area contributed by atoms with Crippen LogP contribution in [0, 0.1) is 6.92 Å². The van der Waals surface area contributed by atoms with Gasteiger partial charge in [0, 0.05) is 18.7 Å². The molecule has 0 spiro atoms. The van der Waals surface area contributed by atoms with Crippen molar-refractivity contribution in [3.63, 3.8) is 0 Å². The minimum absolute atomic E-state index is 0.113. The number of likely N-dealkylation sites (tertiary alicyclic amines) is 1. The molecule has 0 N–H and O–H groups in total. The fourth-order valence-electron chi connectivity index (χ4n) is 3.63. The number of nitrogens with zero attached hydrogens (tertiary/aromatic N) is 4. The molecule has 26 heavy (non-hydrogen) atoms. The maximum Gasteiger partial charge on any atom is 0.253 e. The molecular formula is C21H24N4O. The van der Waals surface area contributed by atoms with Gasteiger partial charge in [-0.2, -0.15) is 0 Å². The van der Waals surface area contributed by atoms with Gasteiger partial charge < -0.3 is 4.90 Å². The summed E-state index contributed by atoms with van der Waals surface area (Å²) in [6.07, 6.45) is 4.63. The van der Waals surface area contributed by atoms with Gasteiger partial charge >= 0.3 is 0 Å². The van der Waals surface area contributed by atoms with Gasteiger partial charge in [-0.25, -0.2) is 4.68 Å². The molecule has 1 aliphatic heterocycles. The van der Waals surface area contributed by atoms with Crippen LogP contribution in [0.3, 0.4) is 0 Å². The predicted octanol–water partition coefficient (Wildman–Crippen LogP) is 3.80. The van der Waals surface area contributed by atoms with Crippen molar-refractivity contribution < 1.29 is 4.79 Å². The summed E-state index contributed by atoms with van der Waals surface area (Å²) < 4.78 is 1.90. The van der Waals surface area contributed by atoms with Crippen molar-refractivity contribution in [1.82, 2.24) is 19.9 Å². The molecule has 1 aliphatic rings. The highest BCUT2D eigenvalue weighted by Gasteiger charge is 2.18. The Morgan fingerprint density at radius 2 is 1.81 bits per heavy atom. The van der Waals surface area contributed by atoms with Crippen LogP contribution in [0.1, 0.15) is 47.2 Å². The highest BCUT2D eigenvalue weighted by atomic mass is 16.2. The first-order valence-corrected chi connectivity index (χ1v) is 9.39. The van der Waals surface area contributed by atoms with Crippen LogP contribution in [0.15, 0.2) is 42.5 Å². The lowest BCUT2D eigenvalue weighted by atomic mass is 10.1. The molecule has 0 aliphatic carbocycles. The second-order valence-electron chi connectivity index (χ2n) is 7.08. The van der Waals surface area contributed by atoms with E-state index in [1.165, 1.54) is 24.0 Å². The normalized spacial score (nSPS) is 15.2. The topological polar surface area (TPSA) is 51.0 Å². The summed E-state index contributed by atoms with van der Waals surface area (Å²) in [5.74, 6) is 0.113. The largest absolute Gasteiger partial charge is 0.339 e. The third kappa shape index (κ3) is 3.34. The summed E-state index contributed by atoms with van der Waals surface area (Å²) >= 11 is 0. The number of aryl methyl sites for hydroxylation is 1. The van der Waals surface area contributed by atoms with Crippen molar-refractivity contribution in [3.8, 4) is 0 Å². The van der Waals surface area contributed by atoms with E-state index in [9.17, 15) is 4.79 Å². The highest BCUT2D eigenvalue weighted by molar-refractivity contribution is 5.97. The van der Waals surface area contributed by atoms with E-state index in [-0.39, 0.29) is 5.91 Å².